The number of nitrogens with zero attached hydrogens (tertiary/aromatic N) is 4. The first kappa shape index (κ1) is 17.9. The van der Waals surface area contributed by atoms with Gasteiger partial charge in [0.1, 0.15) is 18.5 Å². The number of aromatic nitrogens is 3. The minimum Gasteiger partial charge on any atom is -0.491 e. The summed E-state index contributed by atoms with van der Waals surface area (Å²) in [5, 5.41) is 19.2. The maximum absolute atomic E-state index is 10.5. The Balaban J connectivity index is 1.40. The molecule has 0 spiro atoms. The number of benzene rings is 1. The third kappa shape index (κ3) is 3.82. The van der Waals surface area contributed by atoms with Crippen molar-refractivity contribution in [1.82, 2.24) is 19.5 Å². The summed E-state index contributed by atoms with van der Waals surface area (Å²) in [6.45, 7) is 5.90. The zero-order valence-electron chi connectivity index (χ0n) is 15.9. The van der Waals surface area contributed by atoms with Gasteiger partial charge in [-0.1, -0.05) is 23.8 Å². The summed E-state index contributed by atoms with van der Waals surface area (Å²) in [6.07, 6.45) is 3.57. The molecule has 1 saturated heterocycles. The van der Waals surface area contributed by atoms with Gasteiger partial charge in [0.2, 0.25) is 0 Å². The number of fused-ring (bicyclic) bond motifs is 1. The van der Waals surface area contributed by atoms with Gasteiger partial charge >= 0.3 is 0 Å². The average molecular weight is 366 g/mol. The minimum absolute atomic E-state index is 0.179. The molecular weight excluding hydrogens is 340 g/mol. The Labute approximate surface area is 159 Å². The lowest BCUT2D eigenvalue weighted by Gasteiger charge is -2.26. The van der Waals surface area contributed by atoms with Crippen molar-refractivity contribution in [2.45, 2.75) is 38.8 Å². The van der Waals surface area contributed by atoms with E-state index in [1.54, 1.807) is 0 Å². The highest BCUT2D eigenvalue weighted by molar-refractivity contribution is 5.38. The van der Waals surface area contributed by atoms with Crippen LogP contribution in [0.25, 0.3) is 5.65 Å². The van der Waals surface area contributed by atoms with E-state index in [-0.39, 0.29) is 12.6 Å². The van der Waals surface area contributed by atoms with Crippen LogP contribution >= 0.6 is 0 Å². The molecule has 6 nitrogen and oxygen atoms in total. The molecule has 2 atom stereocenters. The zero-order valence-corrected chi connectivity index (χ0v) is 15.9. The fraction of sp³-hybridized carbons (Fsp3) is 0.429. The van der Waals surface area contributed by atoms with E-state index in [2.05, 4.69) is 28.1 Å². The van der Waals surface area contributed by atoms with Gasteiger partial charge in [-0.25, -0.2) is 0 Å². The van der Waals surface area contributed by atoms with Gasteiger partial charge in [0.25, 0.3) is 0 Å². The molecule has 1 aromatic carbocycles. The van der Waals surface area contributed by atoms with E-state index in [1.807, 2.05) is 47.9 Å². The Kier molecular flexibility index (Phi) is 5.09. The largest absolute Gasteiger partial charge is 0.491 e. The zero-order chi connectivity index (χ0) is 18.8. The molecule has 1 N–H and O–H groups in total. The second-order valence-corrected chi connectivity index (χ2v) is 7.37. The van der Waals surface area contributed by atoms with E-state index in [9.17, 15) is 5.11 Å². The van der Waals surface area contributed by atoms with Gasteiger partial charge in [-0.05, 0) is 57.0 Å². The summed E-state index contributed by atoms with van der Waals surface area (Å²) >= 11 is 0. The van der Waals surface area contributed by atoms with Crippen molar-refractivity contribution >= 4 is 5.65 Å². The van der Waals surface area contributed by atoms with Gasteiger partial charge in [-0.3, -0.25) is 9.30 Å². The minimum atomic E-state index is -0.550. The highest BCUT2D eigenvalue weighted by atomic mass is 16.5. The van der Waals surface area contributed by atoms with Gasteiger partial charge in [0.05, 0.1) is 6.04 Å². The number of β-amino-alcohol motifs (C(OH)–C–C–N with tert-alkyl or cyclic N) is 1. The second-order valence-electron chi connectivity index (χ2n) is 7.37. The summed E-state index contributed by atoms with van der Waals surface area (Å²) in [4.78, 5) is 2.29. The Bertz CT molecular complexity index is 923. The number of aliphatic hydroxyl groups excluding tert-OH is 1. The summed E-state index contributed by atoms with van der Waals surface area (Å²) < 4.78 is 7.89. The molecule has 4 rings (SSSR count). The van der Waals surface area contributed by atoms with Crippen LogP contribution in [0, 0.1) is 13.8 Å². The Hall–Kier alpha value is -2.44. The van der Waals surface area contributed by atoms with Crippen LogP contribution in [0.1, 0.15) is 35.8 Å². The molecular formula is C21H26N4O2. The number of hydrogen-bond acceptors (Lipinski definition) is 5. The molecule has 0 unspecified atom stereocenters. The standard InChI is InChI=1S/C21H26N4O2/c1-15-8-9-19(16(2)12-15)27-14-17(26)13-24-10-5-6-18(24)21-23-22-20-7-3-4-11-25(20)21/h3-4,7-9,11-12,17-18,26H,5-6,10,13-14H2,1-2H3/t17-,18+/m0/s1. The molecule has 3 heterocycles. The van der Waals surface area contributed by atoms with Gasteiger partial charge in [-0.2, -0.15) is 0 Å². The van der Waals surface area contributed by atoms with Crippen LogP contribution in [0.4, 0.5) is 0 Å². The van der Waals surface area contributed by atoms with E-state index in [1.165, 1.54) is 5.56 Å². The maximum Gasteiger partial charge on any atom is 0.160 e. The first-order valence-electron chi connectivity index (χ1n) is 9.53. The fourth-order valence-corrected chi connectivity index (χ4v) is 3.89. The van der Waals surface area contributed by atoms with E-state index >= 15 is 0 Å². The molecule has 1 aliphatic rings. The summed E-state index contributed by atoms with van der Waals surface area (Å²) in [5.41, 5.74) is 3.16. The van der Waals surface area contributed by atoms with Crippen molar-refractivity contribution in [1.29, 1.82) is 0 Å². The molecule has 1 fully saturated rings. The SMILES string of the molecule is Cc1ccc(OC[C@@H](O)CN2CCC[C@@H]2c2nnc3ccccn23)c(C)c1. The van der Waals surface area contributed by atoms with E-state index in [0.29, 0.717) is 6.54 Å². The number of aryl methyl sites for hydroxylation is 2. The normalized spacial score (nSPS) is 18.9. The van der Waals surface area contributed by atoms with Crippen molar-refractivity contribution < 1.29 is 9.84 Å². The van der Waals surface area contributed by atoms with Crippen molar-refractivity contribution in [3.8, 4) is 5.75 Å². The van der Waals surface area contributed by atoms with Gasteiger partial charge in [0, 0.05) is 12.7 Å². The highest BCUT2D eigenvalue weighted by Crippen LogP contribution is 2.31. The molecule has 0 saturated carbocycles. The van der Waals surface area contributed by atoms with E-state index < -0.39 is 6.10 Å². The number of likely N-dealkylation sites (tertiary alicyclic amines) is 1. The smallest absolute Gasteiger partial charge is 0.160 e. The summed E-state index contributed by atoms with van der Waals surface area (Å²) in [5.74, 6) is 1.78. The Morgan fingerprint density at radius 1 is 1.22 bits per heavy atom. The fourth-order valence-electron chi connectivity index (χ4n) is 3.89. The van der Waals surface area contributed by atoms with Crippen molar-refractivity contribution in [3.05, 3.63) is 59.5 Å². The number of hydrogen-bond donors (Lipinski definition) is 1. The summed E-state index contributed by atoms with van der Waals surface area (Å²) in [6, 6.07) is 12.2. The highest BCUT2D eigenvalue weighted by Gasteiger charge is 2.31. The van der Waals surface area contributed by atoms with Crippen LogP contribution in [-0.2, 0) is 0 Å². The van der Waals surface area contributed by atoms with Crippen molar-refractivity contribution in [2.24, 2.45) is 0 Å². The molecule has 0 amide bonds. The number of aliphatic hydroxyl groups is 1. The third-order valence-corrected chi connectivity index (χ3v) is 5.21. The molecule has 142 valence electrons. The maximum atomic E-state index is 10.5. The molecule has 6 heteroatoms. The topological polar surface area (TPSA) is 62.9 Å². The third-order valence-electron chi connectivity index (χ3n) is 5.21. The van der Waals surface area contributed by atoms with Gasteiger partial charge in [-0.15, -0.1) is 10.2 Å². The molecule has 27 heavy (non-hydrogen) atoms. The number of ether oxygens (including phenoxy) is 1. The molecule has 0 aliphatic carbocycles. The predicted molar refractivity (Wildman–Crippen MR) is 104 cm³/mol. The van der Waals surface area contributed by atoms with Crippen LogP contribution in [0.2, 0.25) is 0 Å². The molecule has 2 aromatic heterocycles. The van der Waals surface area contributed by atoms with Crippen LogP contribution in [-0.4, -0.2) is 50.4 Å². The lowest BCUT2D eigenvalue weighted by atomic mass is 10.1. The Morgan fingerprint density at radius 3 is 2.96 bits per heavy atom. The van der Waals surface area contributed by atoms with Crippen LogP contribution < -0.4 is 4.74 Å². The lowest BCUT2D eigenvalue weighted by Crippen LogP contribution is -2.36. The average Bonchev–Trinajstić information content (AvgIpc) is 3.27. The first-order valence-corrected chi connectivity index (χ1v) is 9.53. The Morgan fingerprint density at radius 2 is 2.11 bits per heavy atom. The van der Waals surface area contributed by atoms with Gasteiger partial charge < -0.3 is 9.84 Å². The van der Waals surface area contributed by atoms with Crippen LogP contribution in [0.3, 0.4) is 0 Å². The van der Waals surface area contributed by atoms with E-state index in [0.717, 1.165) is 42.2 Å². The molecule has 0 bridgehead atoms. The van der Waals surface area contributed by atoms with Crippen molar-refractivity contribution in [2.75, 3.05) is 19.7 Å². The van der Waals surface area contributed by atoms with Gasteiger partial charge in [0.15, 0.2) is 11.5 Å². The quantitative estimate of drug-likeness (QED) is 0.727. The first-order chi connectivity index (χ1) is 13.1. The molecule has 1 aliphatic heterocycles. The second kappa shape index (κ2) is 7.66. The monoisotopic (exact) mass is 366 g/mol. The molecule has 3 aromatic rings. The lowest BCUT2D eigenvalue weighted by molar-refractivity contribution is 0.0623. The molecule has 0 radical (unpaired) electrons. The number of pyridine rings is 1. The van der Waals surface area contributed by atoms with E-state index in [4.69, 9.17) is 4.74 Å². The predicted octanol–water partition coefficient (Wildman–Crippen LogP) is 2.92. The van der Waals surface area contributed by atoms with Crippen LogP contribution in [0.5, 0.6) is 5.75 Å². The number of rotatable bonds is 6. The van der Waals surface area contributed by atoms with Crippen molar-refractivity contribution in [3.63, 3.8) is 0 Å². The van der Waals surface area contributed by atoms with Crippen LogP contribution in [0.15, 0.2) is 42.6 Å². The summed E-state index contributed by atoms with van der Waals surface area (Å²) in [7, 11) is 0.